The second-order valence-corrected chi connectivity index (χ2v) is 6.23. The Morgan fingerprint density at radius 2 is 2.05 bits per heavy atom. The van der Waals surface area contributed by atoms with Crippen LogP contribution in [0, 0.1) is 5.92 Å². The molecule has 1 unspecified atom stereocenters. The molecule has 2 N–H and O–H groups in total. The smallest absolute Gasteiger partial charge is 0.220 e. The lowest BCUT2D eigenvalue weighted by Gasteiger charge is -2.21. The predicted molar refractivity (Wildman–Crippen MR) is 80.7 cm³/mol. The van der Waals surface area contributed by atoms with E-state index in [1.54, 1.807) is 0 Å². The molecule has 2 rings (SSSR count). The van der Waals surface area contributed by atoms with Crippen LogP contribution in [0.15, 0.2) is 0 Å². The normalized spacial score (nSPS) is 23.9. The van der Waals surface area contributed by atoms with Gasteiger partial charge in [-0.05, 0) is 51.1 Å². The summed E-state index contributed by atoms with van der Waals surface area (Å²) in [6.45, 7) is 3.75. The van der Waals surface area contributed by atoms with Crippen molar-refractivity contribution in [2.24, 2.45) is 5.92 Å². The van der Waals surface area contributed by atoms with Crippen LogP contribution in [-0.2, 0) is 9.53 Å². The van der Waals surface area contributed by atoms with Gasteiger partial charge in [0.2, 0.25) is 5.91 Å². The summed E-state index contributed by atoms with van der Waals surface area (Å²) in [5.41, 5.74) is 0. The van der Waals surface area contributed by atoms with Crippen LogP contribution in [0.1, 0.15) is 57.8 Å². The van der Waals surface area contributed by atoms with Crippen molar-refractivity contribution in [2.45, 2.75) is 63.9 Å². The van der Waals surface area contributed by atoms with E-state index in [9.17, 15) is 4.79 Å². The van der Waals surface area contributed by atoms with Crippen LogP contribution in [0.5, 0.6) is 0 Å². The molecule has 0 aromatic carbocycles. The van der Waals surface area contributed by atoms with Crippen molar-refractivity contribution >= 4 is 5.91 Å². The maximum atomic E-state index is 11.7. The van der Waals surface area contributed by atoms with E-state index in [-0.39, 0.29) is 5.91 Å². The SMILES string of the molecule is O=C(CCC1CCNC1)NCCCOC1CCCCC1. The Bertz CT molecular complexity index is 272. The number of hydrogen-bond acceptors (Lipinski definition) is 3. The zero-order valence-electron chi connectivity index (χ0n) is 12.7. The summed E-state index contributed by atoms with van der Waals surface area (Å²) in [6, 6.07) is 0. The van der Waals surface area contributed by atoms with E-state index in [0.29, 0.717) is 18.4 Å². The van der Waals surface area contributed by atoms with E-state index in [4.69, 9.17) is 4.74 Å². The molecule has 1 aliphatic heterocycles. The molecular weight excluding hydrogens is 252 g/mol. The molecule has 1 aliphatic carbocycles. The third kappa shape index (κ3) is 6.23. The molecule has 2 aliphatic rings. The molecule has 4 nitrogen and oxygen atoms in total. The molecule has 4 heteroatoms. The second-order valence-electron chi connectivity index (χ2n) is 6.23. The molecule has 2 fully saturated rings. The van der Waals surface area contributed by atoms with Crippen molar-refractivity contribution in [3.8, 4) is 0 Å². The van der Waals surface area contributed by atoms with Gasteiger partial charge in [-0.15, -0.1) is 0 Å². The fraction of sp³-hybridized carbons (Fsp3) is 0.938. The predicted octanol–water partition coefficient (Wildman–Crippen LogP) is 2.23. The summed E-state index contributed by atoms with van der Waals surface area (Å²) < 4.78 is 5.85. The molecule has 0 spiro atoms. The van der Waals surface area contributed by atoms with Crippen LogP contribution in [0.25, 0.3) is 0 Å². The quantitative estimate of drug-likeness (QED) is 0.671. The molecule has 0 radical (unpaired) electrons. The Kier molecular flexibility index (Phi) is 7.37. The van der Waals surface area contributed by atoms with Gasteiger partial charge in [0.15, 0.2) is 0 Å². The first kappa shape index (κ1) is 15.8. The van der Waals surface area contributed by atoms with Gasteiger partial charge in [-0.1, -0.05) is 19.3 Å². The lowest BCUT2D eigenvalue weighted by Crippen LogP contribution is -2.26. The third-order valence-electron chi connectivity index (χ3n) is 4.49. The number of amides is 1. The summed E-state index contributed by atoms with van der Waals surface area (Å²) in [5.74, 6) is 0.907. The topological polar surface area (TPSA) is 50.4 Å². The lowest BCUT2D eigenvalue weighted by molar-refractivity contribution is -0.121. The van der Waals surface area contributed by atoms with E-state index < -0.39 is 0 Å². The van der Waals surface area contributed by atoms with E-state index in [2.05, 4.69) is 10.6 Å². The number of rotatable bonds is 8. The van der Waals surface area contributed by atoms with Gasteiger partial charge in [0.1, 0.15) is 0 Å². The first-order valence-electron chi connectivity index (χ1n) is 8.43. The van der Waals surface area contributed by atoms with Crippen molar-refractivity contribution in [1.82, 2.24) is 10.6 Å². The molecule has 20 heavy (non-hydrogen) atoms. The third-order valence-corrected chi connectivity index (χ3v) is 4.49. The van der Waals surface area contributed by atoms with Gasteiger partial charge in [0.25, 0.3) is 0 Å². The molecule has 1 amide bonds. The standard InChI is InChI=1S/C16H30N2O2/c19-16(8-7-14-9-11-17-13-14)18-10-4-12-20-15-5-2-1-3-6-15/h14-15,17H,1-13H2,(H,18,19). The summed E-state index contributed by atoms with van der Waals surface area (Å²) in [7, 11) is 0. The van der Waals surface area contributed by atoms with Crippen LogP contribution in [0.3, 0.4) is 0 Å². The van der Waals surface area contributed by atoms with Crippen LogP contribution < -0.4 is 10.6 Å². The van der Waals surface area contributed by atoms with Gasteiger partial charge in [0.05, 0.1) is 6.10 Å². The lowest BCUT2D eigenvalue weighted by atomic mass is 9.98. The number of ether oxygens (including phenoxy) is 1. The maximum absolute atomic E-state index is 11.7. The highest BCUT2D eigenvalue weighted by molar-refractivity contribution is 5.75. The maximum Gasteiger partial charge on any atom is 0.220 e. The van der Waals surface area contributed by atoms with Gasteiger partial charge in [-0.3, -0.25) is 4.79 Å². The van der Waals surface area contributed by atoms with Gasteiger partial charge >= 0.3 is 0 Å². The number of carbonyl (C=O) groups excluding carboxylic acids is 1. The molecule has 0 aromatic rings. The van der Waals surface area contributed by atoms with Crippen molar-refractivity contribution in [2.75, 3.05) is 26.2 Å². The Hall–Kier alpha value is -0.610. The minimum Gasteiger partial charge on any atom is -0.378 e. The first-order chi connectivity index (χ1) is 9.84. The zero-order valence-corrected chi connectivity index (χ0v) is 12.7. The Morgan fingerprint density at radius 1 is 1.20 bits per heavy atom. The average Bonchev–Trinajstić information content (AvgIpc) is 2.99. The van der Waals surface area contributed by atoms with E-state index in [0.717, 1.165) is 39.1 Å². The Labute approximate surface area is 123 Å². The fourth-order valence-corrected chi connectivity index (χ4v) is 3.17. The average molecular weight is 282 g/mol. The molecule has 1 heterocycles. The minimum atomic E-state index is 0.203. The molecule has 1 atom stereocenters. The Balaban J connectivity index is 1.40. The van der Waals surface area contributed by atoms with Crippen molar-refractivity contribution < 1.29 is 9.53 Å². The fourth-order valence-electron chi connectivity index (χ4n) is 3.17. The molecule has 1 saturated heterocycles. The highest BCUT2D eigenvalue weighted by atomic mass is 16.5. The molecule has 1 saturated carbocycles. The van der Waals surface area contributed by atoms with Crippen molar-refractivity contribution in [3.63, 3.8) is 0 Å². The number of hydrogen-bond donors (Lipinski definition) is 2. The molecule has 0 bridgehead atoms. The second kappa shape index (κ2) is 9.35. The van der Waals surface area contributed by atoms with E-state index >= 15 is 0 Å². The van der Waals surface area contributed by atoms with Gasteiger partial charge in [0, 0.05) is 19.6 Å². The van der Waals surface area contributed by atoms with Gasteiger partial charge < -0.3 is 15.4 Å². The number of nitrogens with one attached hydrogen (secondary N) is 2. The monoisotopic (exact) mass is 282 g/mol. The molecular formula is C16H30N2O2. The zero-order chi connectivity index (χ0) is 14.0. The highest BCUT2D eigenvalue weighted by Gasteiger charge is 2.15. The first-order valence-corrected chi connectivity index (χ1v) is 8.43. The molecule has 116 valence electrons. The number of carbonyl (C=O) groups is 1. The van der Waals surface area contributed by atoms with E-state index in [1.807, 2.05) is 0 Å². The Morgan fingerprint density at radius 3 is 2.80 bits per heavy atom. The summed E-state index contributed by atoms with van der Waals surface area (Å²) in [4.78, 5) is 11.7. The van der Waals surface area contributed by atoms with Crippen LogP contribution in [0.2, 0.25) is 0 Å². The summed E-state index contributed by atoms with van der Waals surface area (Å²) in [5, 5.41) is 6.34. The van der Waals surface area contributed by atoms with Gasteiger partial charge in [-0.25, -0.2) is 0 Å². The van der Waals surface area contributed by atoms with E-state index in [1.165, 1.54) is 38.5 Å². The van der Waals surface area contributed by atoms with Crippen LogP contribution in [0.4, 0.5) is 0 Å². The largest absolute Gasteiger partial charge is 0.378 e. The van der Waals surface area contributed by atoms with Crippen molar-refractivity contribution in [3.05, 3.63) is 0 Å². The molecule has 0 aromatic heterocycles. The van der Waals surface area contributed by atoms with Crippen LogP contribution in [-0.4, -0.2) is 38.3 Å². The highest BCUT2D eigenvalue weighted by Crippen LogP contribution is 2.20. The summed E-state index contributed by atoms with van der Waals surface area (Å²) >= 11 is 0. The van der Waals surface area contributed by atoms with Gasteiger partial charge in [-0.2, -0.15) is 0 Å². The van der Waals surface area contributed by atoms with Crippen molar-refractivity contribution in [1.29, 1.82) is 0 Å². The minimum absolute atomic E-state index is 0.203. The van der Waals surface area contributed by atoms with Crippen LogP contribution >= 0.6 is 0 Å². The summed E-state index contributed by atoms with van der Waals surface area (Å²) in [6.07, 6.45) is 10.8.